The lowest BCUT2D eigenvalue weighted by molar-refractivity contribution is -0.117. The molecule has 5 nitrogen and oxygen atoms in total. The minimum Gasteiger partial charge on any atom is -0.507 e. The lowest BCUT2D eigenvalue weighted by atomic mass is 10.2. The van der Waals surface area contributed by atoms with Crippen LogP contribution in [-0.4, -0.2) is 21.1 Å². The molecule has 0 aliphatic rings. The second-order valence-electron chi connectivity index (χ2n) is 4.85. The Kier molecular flexibility index (Phi) is 4.22. The Morgan fingerprint density at radius 1 is 1.26 bits per heavy atom. The lowest BCUT2D eigenvalue weighted by Gasteiger charge is -2.10. The summed E-state index contributed by atoms with van der Waals surface area (Å²) in [5.41, 5.74) is 2.16. The molecule has 0 bridgehead atoms. The Morgan fingerprint density at radius 3 is 2.78 bits per heavy atom. The van der Waals surface area contributed by atoms with E-state index in [2.05, 4.69) is 15.6 Å². The molecule has 0 unspecified atom stereocenters. The molecule has 0 saturated carbocycles. The van der Waals surface area contributed by atoms with Crippen LogP contribution < -0.4 is 10.6 Å². The maximum absolute atomic E-state index is 11.0. The Hall–Kier alpha value is -2.51. The van der Waals surface area contributed by atoms with Crippen molar-refractivity contribution in [1.82, 2.24) is 10.3 Å². The van der Waals surface area contributed by atoms with Gasteiger partial charge in [-0.2, -0.15) is 0 Å². The minimum atomic E-state index is -0.243. The van der Waals surface area contributed by atoms with Crippen LogP contribution in [0.25, 0.3) is 20.8 Å². The predicted molar refractivity (Wildman–Crippen MR) is 96.8 cm³/mol. The van der Waals surface area contributed by atoms with Gasteiger partial charge in [-0.05, 0) is 42.5 Å². The van der Waals surface area contributed by atoms with Crippen molar-refractivity contribution in [3.05, 3.63) is 42.5 Å². The molecule has 0 radical (unpaired) electrons. The summed E-state index contributed by atoms with van der Waals surface area (Å²) in [6.07, 6.45) is 0. The molecule has 1 amide bonds. The zero-order valence-electron chi connectivity index (χ0n) is 12.2. The zero-order chi connectivity index (χ0) is 16.4. The molecule has 0 aliphatic carbocycles. The van der Waals surface area contributed by atoms with E-state index in [9.17, 15) is 9.90 Å². The first-order valence-electron chi connectivity index (χ1n) is 6.80. The molecule has 3 N–H and O–H groups in total. The highest BCUT2D eigenvalue weighted by Crippen LogP contribution is 2.36. The summed E-state index contributed by atoms with van der Waals surface area (Å²) >= 11 is 6.54. The first-order chi connectivity index (χ1) is 11.0. The molecule has 3 aromatic rings. The van der Waals surface area contributed by atoms with Crippen LogP contribution in [0.15, 0.2) is 42.5 Å². The number of aromatic hydroxyl groups is 1. The average Bonchev–Trinajstić information content (AvgIpc) is 2.92. The van der Waals surface area contributed by atoms with Crippen LogP contribution in [0.4, 0.5) is 5.69 Å². The van der Waals surface area contributed by atoms with Crippen LogP contribution in [0.1, 0.15) is 6.92 Å². The molecule has 0 atom stereocenters. The largest absolute Gasteiger partial charge is 0.507 e. The van der Waals surface area contributed by atoms with E-state index in [4.69, 9.17) is 12.2 Å². The van der Waals surface area contributed by atoms with E-state index in [-0.39, 0.29) is 16.8 Å². The fraction of sp³-hybridized carbons (Fsp3) is 0.0625. The van der Waals surface area contributed by atoms with Crippen molar-refractivity contribution in [3.8, 4) is 16.3 Å². The number of hydrogen-bond donors (Lipinski definition) is 3. The van der Waals surface area contributed by atoms with Crippen LogP contribution >= 0.6 is 23.6 Å². The third-order valence-corrected chi connectivity index (χ3v) is 4.34. The summed E-state index contributed by atoms with van der Waals surface area (Å²) in [7, 11) is 0. The number of para-hydroxylation sites is 1. The van der Waals surface area contributed by atoms with E-state index in [1.807, 2.05) is 24.3 Å². The molecule has 1 heterocycles. The number of carbonyl (C=O) groups is 1. The Labute approximate surface area is 142 Å². The number of phenolic OH excluding ortho intramolecular Hbond substituents is 1. The predicted octanol–water partition coefficient (Wildman–Crippen LogP) is 3.50. The molecule has 3 rings (SSSR count). The minimum absolute atomic E-state index is 0.139. The van der Waals surface area contributed by atoms with Gasteiger partial charge in [0.05, 0.1) is 15.8 Å². The first-order valence-corrected chi connectivity index (χ1v) is 8.03. The van der Waals surface area contributed by atoms with Gasteiger partial charge in [0, 0.05) is 12.6 Å². The smallest absolute Gasteiger partial charge is 0.222 e. The standard InChI is InChI=1S/C16H13N3O2S2/c1-9(20)17-16(22)18-10-6-7-13(21)11(8-10)15-19-12-4-2-3-5-14(12)23-15/h2-8,21H,1H3,(H2,17,18,20,22). The van der Waals surface area contributed by atoms with Gasteiger partial charge < -0.3 is 15.7 Å². The first kappa shape index (κ1) is 15.4. The number of rotatable bonds is 2. The molecule has 0 fully saturated rings. The number of thiazole rings is 1. The Morgan fingerprint density at radius 2 is 2.04 bits per heavy atom. The van der Waals surface area contributed by atoms with Gasteiger partial charge in [-0.1, -0.05) is 12.1 Å². The summed E-state index contributed by atoms with van der Waals surface area (Å²) in [4.78, 5) is 15.5. The number of amides is 1. The van der Waals surface area contributed by atoms with Crippen molar-refractivity contribution in [2.24, 2.45) is 0 Å². The number of benzene rings is 2. The molecule has 1 aromatic heterocycles. The van der Waals surface area contributed by atoms with E-state index in [1.54, 1.807) is 18.2 Å². The molecular weight excluding hydrogens is 330 g/mol. The second kappa shape index (κ2) is 6.31. The SMILES string of the molecule is CC(=O)NC(=S)Nc1ccc(O)c(-c2nc3ccccc3s2)c1. The fourth-order valence-electron chi connectivity index (χ4n) is 2.09. The van der Waals surface area contributed by atoms with Crippen LogP contribution in [-0.2, 0) is 4.79 Å². The molecule has 7 heteroatoms. The van der Waals surface area contributed by atoms with Gasteiger partial charge in [0.2, 0.25) is 5.91 Å². The van der Waals surface area contributed by atoms with E-state index in [1.165, 1.54) is 18.3 Å². The molecule has 0 saturated heterocycles. The highest BCUT2D eigenvalue weighted by atomic mass is 32.1. The molecule has 0 spiro atoms. The lowest BCUT2D eigenvalue weighted by Crippen LogP contribution is -2.32. The van der Waals surface area contributed by atoms with Gasteiger partial charge in [-0.15, -0.1) is 11.3 Å². The summed E-state index contributed by atoms with van der Waals surface area (Å²) in [5.74, 6) is -0.104. The summed E-state index contributed by atoms with van der Waals surface area (Å²) in [5, 5.41) is 16.5. The topological polar surface area (TPSA) is 74.2 Å². The number of aromatic nitrogens is 1. The summed E-state index contributed by atoms with van der Waals surface area (Å²) < 4.78 is 1.05. The van der Waals surface area contributed by atoms with E-state index in [0.717, 1.165) is 15.2 Å². The number of anilines is 1. The van der Waals surface area contributed by atoms with Gasteiger partial charge in [0.25, 0.3) is 0 Å². The van der Waals surface area contributed by atoms with Crippen molar-refractivity contribution in [3.63, 3.8) is 0 Å². The normalized spacial score (nSPS) is 10.5. The van der Waals surface area contributed by atoms with Crippen molar-refractivity contribution in [2.45, 2.75) is 6.92 Å². The van der Waals surface area contributed by atoms with Gasteiger partial charge in [-0.25, -0.2) is 4.98 Å². The van der Waals surface area contributed by atoms with Crippen molar-refractivity contribution < 1.29 is 9.90 Å². The number of nitrogens with zero attached hydrogens (tertiary/aromatic N) is 1. The molecule has 116 valence electrons. The Bertz CT molecular complexity index is 872. The van der Waals surface area contributed by atoms with E-state index in [0.29, 0.717) is 11.3 Å². The number of hydrogen-bond acceptors (Lipinski definition) is 5. The summed E-state index contributed by atoms with van der Waals surface area (Å²) in [6, 6.07) is 12.8. The zero-order valence-corrected chi connectivity index (χ0v) is 13.8. The van der Waals surface area contributed by atoms with Gasteiger partial charge in [0.15, 0.2) is 5.11 Å². The third-order valence-electron chi connectivity index (χ3n) is 3.07. The number of phenols is 1. The van der Waals surface area contributed by atoms with Gasteiger partial charge in [0.1, 0.15) is 10.8 Å². The molecular formula is C16H13N3O2S2. The number of thiocarbonyl (C=S) groups is 1. The average molecular weight is 343 g/mol. The number of nitrogens with one attached hydrogen (secondary N) is 2. The van der Waals surface area contributed by atoms with E-state index >= 15 is 0 Å². The van der Waals surface area contributed by atoms with Crippen LogP contribution in [0.2, 0.25) is 0 Å². The quantitative estimate of drug-likeness (QED) is 0.490. The monoisotopic (exact) mass is 343 g/mol. The number of carbonyl (C=O) groups excluding carboxylic acids is 1. The van der Waals surface area contributed by atoms with E-state index < -0.39 is 0 Å². The molecule has 23 heavy (non-hydrogen) atoms. The van der Waals surface area contributed by atoms with Crippen molar-refractivity contribution in [2.75, 3.05) is 5.32 Å². The molecule has 2 aromatic carbocycles. The maximum Gasteiger partial charge on any atom is 0.222 e. The Balaban J connectivity index is 1.94. The van der Waals surface area contributed by atoms with Crippen LogP contribution in [0, 0.1) is 0 Å². The number of fused-ring (bicyclic) bond motifs is 1. The third kappa shape index (κ3) is 3.46. The van der Waals surface area contributed by atoms with Crippen molar-refractivity contribution >= 4 is 50.5 Å². The highest BCUT2D eigenvalue weighted by Gasteiger charge is 2.11. The summed E-state index contributed by atoms with van der Waals surface area (Å²) in [6.45, 7) is 1.39. The second-order valence-corrected chi connectivity index (χ2v) is 6.29. The maximum atomic E-state index is 11.0. The van der Waals surface area contributed by atoms with Gasteiger partial charge >= 0.3 is 0 Å². The van der Waals surface area contributed by atoms with Crippen LogP contribution in [0.3, 0.4) is 0 Å². The highest BCUT2D eigenvalue weighted by molar-refractivity contribution is 7.80. The fourth-order valence-corrected chi connectivity index (χ4v) is 3.35. The van der Waals surface area contributed by atoms with Crippen LogP contribution in [0.5, 0.6) is 5.75 Å². The van der Waals surface area contributed by atoms with Gasteiger partial charge in [-0.3, -0.25) is 4.79 Å². The van der Waals surface area contributed by atoms with Crippen molar-refractivity contribution in [1.29, 1.82) is 0 Å². The molecule has 0 aliphatic heterocycles.